The van der Waals surface area contributed by atoms with Gasteiger partial charge in [-0.05, 0) is 128 Å². The highest BCUT2D eigenvalue weighted by Gasteiger charge is 2.17. The highest BCUT2D eigenvalue weighted by atomic mass is 16.6. The molecule has 0 aliphatic rings. The molecule has 0 aromatic rings. The van der Waals surface area contributed by atoms with E-state index in [2.05, 4.69) is 130 Å². The van der Waals surface area contributed by atoms with E-state index in [4.69, 9.17) is 14.2 Å². The molecule has 0 N–H and O–H groups in total. The number of allylic oxidation sites excluding steroid dienone is 18. The predicted molar refractivity (Wildman–Crippen MR) is 297 cm³/mol. The Morgan fingerprint density at radius 3 is 1.06 bits per heavy atom. The Morgan fingerprint density at radius 1 is 0.338 bits per heavy atom. The Labute approximate surface area is 421 Å². The van der Waals surface area contributed by atoms with Crippen molar-refractivity contribution in [1.82, 2.24) is 0 Å². The number of ether oxygens (including phenoxy) is 3. The summed E-state index contributed by atoms with van der Waals surface area (Å²) in [7, 11) is 0. The summed E-state index contributed by atoms with van der Waals surface area (Å²) in [6, 6.07) is 0. The Kier molecular flexibility index (Phi) is 54.9. The van der Waals surface area contributed by atoms with Gasteiger partial charge >= 0.3 is 11.9 Å². The van der Waals surface area contributed by atoms with Crippen molar-refractivity contribution in [2.45, 2.75) is 258 Å². The molecule has 0 rings (SSSR count). The SMILES string of the molecule is CC/C=C\C/C=C\C/C=C\C/C=C\CCCCCOCC(COC(=O)CCCCCCCC/C=C\C/C=C\C/C=C\CCCCC)OC(=O)CCCCCCCCC/C=C\C/C=C\CCCCC. The topological polar surface area (TPSA) is 61.8 Å². The molecule has 0 fully saturated rings. The highest BCUT2D eigenvalue weighted by molar-refractivity contribution is 5.70. The van der Waals surface area contributed by atoms with E-state index >= 15 is 0 Å². The van der Waals surface area contributed by atoms with Crippen LogP contribution in [0, 0.1) is 0 Å². The standard InChI is InChI=1S/C63H106O5/c1-4-7-10-13-16-19-22-25-28-31-32-34-35-38-41-44-47-50-53-56-62(64)67-60-61(59-66-58-55-52-49-46-43-40-37-30-27-24-21-18-15-12-9-6-3)68-63(65)57-54-51-48-45-42-39-36-33-29-26-23-20-17-14-11-8-5-2/h9,12,16-21,25-30,32,34,40,43,61H,4-8,10-11,13-15,22-24,31,33,35-39,41-42,44-60H2,1-3H3/b12-9-,19-16-,20-17-,21-18-,28-25-,29-26-,30-27-,34-32-,43-40-. The molecule has 1 atom stereocenters. The average Bonchev–Trinajstić information content (AvgIpc) is 3.34. The van der Waals surface area contributed by atoms with Gasteiger partial charge in [0.25, 0.3) is 0 Å². The fraction of sp³-hybridized carbons (Fsp3) is 0.683. The molecule has 68 heavy (non-hydrogen) atoms. The van der Waals surface area contributed by atoms with E-state index in [0.29, 0.717) is 19.4 Å². The minimum Gasteiger partial charge on any atom is -0.462 e. The normalized spacial score (nSPS) is 13.0. The average molecular weight is 944 g/mol. The lowest BCUT2D eigenvalue weighted by atomic mass is 10.1. The summed E-state index contributed by atoms with van der Waals surface area (Å²) < 4.78 is 17.4. The Hall–Kier alpha value is -3.44. The van der Waals surface area contributed by atoms with Crippen LogP contribution in [0.4, 0.5) is 0 Å². The van der Waals surface area contributed by atoms with Crippen LogP contribution in [0.1, 0.15) is 252 Å². The zero-order valence-electron chi connectivity index (χ0n) is 44.6. The van der Waals surface area contributed by atoms with Gasteiger partial charge in [-0.3, -0.25) is 9.59 Å². The maximum absolute atomic E-state index is 12.9. The molecule has 0 saturated carbocycles. The number of esters is 2. The van der Waals surface area contributed by atoms with Gasteiger partial charge in [-0.25, -0.2) is 0 Å². The van der Waals surface area contributed by atoms with Crippen molar-refractivity contribution in [3.63, 3.8) is 0 Å². The van der Waals surface area contributed by atoms with Crippen LogP contribution in [0.3, 0.4) is 0 Å². The van der Waals surface area contributed by atoms with Gasteiger partial charge in [-0.1, -0.05) is 220 Å². The van der Waals surface area contributed by atoms with Gasteiger partial charge in [-0.15, -0.1) is 0 Å². The van der Waals surface area contributed by atoms with Crippen LogP contribution in [-0.4, -0.2) is 37.9 Å². The summed E-state index contributed by atoms with van der Waals surface area (Å²) in [5, 5.41) is 0. The van der Waals surface area contributed by atoms with Gasteiger partial charge in [0.2, 0.25) is 0 Å². The smallest absolute Gasteiger partial charge is 0.306 e. The van der Waals surface area contributed by atoms with Crippen molar-refractivity contribution in [1.29, 1.82) is 0 Å². The van der Waals surface area contributed by atoms with Gasteiger partial charge in [0.05, 0.1) is 6.61 Å². The van der Waals surface area contributed by atoms with Crippen LogP contribution in [0.5, 0.6) is 0 Å². The van der Waals surface area contributed by atoms with Gasteiger partial charge in [0.1, 0.15) is 6.61 Å². The van der Waals surface area contributed by atoms with E-state index < -0.39 is 6.10 Å². The molecule has 0 saturated heterocycles. The first-order chi connectivity index (χ1) is 33.6. The minimum atomic E-state index is -0.570. The van der Waals surface area contributed by atoms with Gasteiger partial charge in [0, 0.05) is 19.4 Å². The second kappa shape index (κ2) is 57.9. The van der Waals surface area contributed by atoms with Crippen molar-refractivity contribution in [3.8, 4) is 0 Å². The largest absolute Gasteiger partial charge is 0.462 e. The molecule has 0 radical (unpaired) electrons. The number of unbranched alkanes of at least 4 members (excludes halogenated alkanes) is 22. The van der Waals surface area contributed by atoms with Gasteiger partial charge in [-0.2, -0.15) is 0 Å². The molecule has 0 amide bonds. The lowest BCUT2D eigenvalue weighted by Gasteiger charge is -2.18. The lowest BCUT2D eigenvalue weighted by molar-refractivity contribution is -0.163. The van der Waals surface area contributed by atoms with E-state index in [1.807, 2.05) is 0 Å². The fourth-order valence-electron chi connectivity index (χ4n) is 7.54. The van der Waals surface area contributed by atoms with Crippen molar-refractivity contribution in [2.24, 2.45) is 0 Å². The Morgan fingerprint density at radius 2 is 0.662 bits per heavy atom. The number of hydrogen-bond donors (Lipinski definition) is 0. The van der Waals surface area contributed by atoms with E-state index in [-0.39, 0.29) is 25.2 Å². The molecule has 0 bridgehead atoms. The highest BCUT2D eigenvalue weighted by Crippen LogP contribution is 2.14. The molecule has 5 nitrogen and oxygen atoms in total. The number of rotatable bonds is 51. The molecule has 0 aromatic heterocycles. The summed E-state index contributed by atoms with van der Waals surface area (Å²) in [5.74, 6) is -0.440. The third kappa shape index (κ3) is 55.2. The second-order valence-electron chi connectivity index (χ2n) is 18.4. The lowest BCUT2D eigenvalue weighted by Crippen LogP contribution is -2.30. The monoisotopic (exact) mass is 943 g/mol. The molecular formula is C63H106O5. The van der Waals surface area contributed by atoms with Crippen LogP contribution in [0.15, 0.2) is 109 Å². The summed E-state index contributed by atoms with van der Waals surface area (Å²) in [6.45, 7) is 7.57. The molecule has 0 aliphatic heterocycles. The van der Waals surface area contributed by atoms with Crippen LogP contribution in [-0.2, 0) is 23.8 Å². The Balaban J connectivity index is 4.38. The van der Waals surface area contributed by atoms with Gasteiger partial charge < -0.3 is 14.2 Å². The van der Waals surface area contributed by atoms with Crippen molar-refractivity contribution in [2.75, 3.05) is 19.8 Å². The molecule has 5 heteroatoms. The molecule has 0 aliphatic carbocycles. The van der Waals surface area contributed by atoms with Crippen LogP contribution < -0.4 is 0 Å². The number of carbonyl (C=O) groups excluding carboxylic acids is 2. The molecule has 388 valence electrons. The summed E-state index contributed by atoms with van der Waals surface area (Å²) in [5.41, 5.74) is 0. The number of carbonyl (C=O) groups is 2. The maximum atomic E-state index is 12.9. The number of hydrogen-bond acceptors (Lipinski definition) is 5. The summed E-state index contributed by atoms with van der Waals surface area (Å²) in [4.78, 5) is 25.5. The van der Waals surface area contributed by atoms with Gasteiger partial charge in [0.15, 0.2) is 6.10 Å². The van der Waals surface area contributed by atoms with Crippen molar-refractivity contribution in [3.05, 3.63) is 109 Å². The van der Waals surface area contributed by atoms with E-state index in [0.717, 1.165) is 122 Å². The Bertz CT molecular complexity index is 1340. The molecular weight excluding hydrogens is 837 g/mol. The van der Waals surface area contributed by atoms with Crippen molar-refractivity contribution < 1.29 is 23.8 Å². The van der Waals surface area contributed by atoms with E-state index in [9.17, 15) is 9.59 Å². The first-order valence-electron chi connectivity index (χ1n) is 28.4. The zero-order chi connectivity index (χ0) is 49.2. The first-order valence-corrected chi connectivity index (χ1v) is 28.4. The zero-order valence-corrected chi connectivity index (χ0v) is 44.6. The van der Waals surface area contributed by atoms with E-state index in [1.165, 1.54) is 96.3 Å². The third-order valence-corrected chi connectivity index (χ3v) is 11.8. The molecule has 1 unspecified atom stereocenters. The van der Waals surface area contributed by atoms with Crippen molar-refractivity contribution >= 4 is 11.9 Å². The van der Waals surface area contributed by atoms with Crippen LogP contribution in [0.2, 0.25) is 0 Å². The predicted octanol–water partition coefficient (Wildman–Crippen LogP) is 19.6. The molecule has 0 aromatic carbocycles. The van der Waals surface area contributed by atoms with Crippen LogP contribution in [0.25, 0.3) is 0 Å². The second-order valence-corrected chi connectivity index (χ2v) is 18.4. The fourth-order valence-corrected chi connectivity index (χ4v) is 7.54. The quantitative estimate of drug-likeness (QED) is 0.0345. The maximum Gasteiger partial charge on any atom is 0.306 e. The molecule has 0 heterocycles. The van der Waals surface area contributed by atoms with E-state index in [1.54, 1.807) is 0 Å². The summed E-state index contributed by atoms with van der Waals surface area (Å²) >= 11 is 0. The first kappa shape index (κ1) is 64.6. The summed E-state index contributed by atoms with van der Waals surface area (Å²) in [6.07, 6.45) is 79.6. The third-order valence-electron chi connectivity index (χ3n) is 11.8. The minimum absolute atomic E-state index is 0.0564. The molecule has 0 spiro atoms. The van der Waals surface area contributed by atoms with Crippen LogP contribution >= 0.6 is 0 Å².